The molecule has 0 aliphatic carbocycles. The molecule has 20 heavy (non-hydrogen) atoms. The number of H-pyrrole nitrogens is 1. The van der Waals surface area contributed by atoms with Crippen LogP contribution in [-0.2, 0) is 13.0 Å². The number of benzene rings is 1. The summed E-state index contributed by atoms with van der Waals surface area (Å²) in [6.07, 6.45) is 0.871. The number of carbonyl (C=O) groups excluding carboxylic acids is 1. The van der Waals surface area contributed by atoms with Crippen molar-refractivity contribution in [2.24, 2.45) is 0 Å². The van der Waals surface area contributed by atoms with E-state index < -0.39 is 0 Å². The number of rotatable bonds is 3. The fourth-order valence-corrected chi connectivity index (χ4v) is 2.44. The van der Waals surface area contributed by atoms with Crippen LogP contribution in [0.25, 0.3) is 0 Å². The van der Waals surface area contributed by atoms with E-state index in [1.165, 1.54) is 5.56 Å². The van der Waals surface area contributed by atoms with Crippen LogP contribution in [0.4, 0.5) is 0 Å². The van der Waals surface area contributed by atoms with Crippen molar-refractivity contribution in [2.75, 3.05) is 6.54 Å². The van der Waals surface area contributed by atoms with E-state index in [0.717, 1.165) is 30.6 Å². The van der Waals surface area contributed by atoms with Crippen molar-refractivity contribution in [3.63, 3.8) is 0 Å². The number of nitrogens with one attached hydrogen (secondary N) is 3. The highest BCUT2D eigenvalue weighted by molar-refractivity contribution is 5.96. The Labute approximate surface area is 116 Å². The van der Waals surface area contributed by atoms with Gasteiger partial charge in [-0.05, 0) is 37.1 Å². The highest BCUT2D eigenvalue weighted by Gasteiger charge is 2.20. The zero-order valence-corrected chi connectivity index (χ0v) is 11.2. The van der Waals surface area contributed by atoms with E-state index >= 15 is 0 Å². The Hall–Kier alpha value is -2.28. The molecule has 0 saturated heterocycles. The van der Waals surface area contributed by atoms with Gasteiger partial charge in [0.05, 0.1) is 6.04 Å². The van der Waals surface area contributed by atoms with Gasteiger partial charge in [0.15, 0.2) is 5.82 Å². The van der Waals surface area contributed by atoms with Gasteiger partial charge in [-0.15, -0.1) is 10.2 Å². The molecule has 7 nitrogen and oxygen atoms in total. The molecular weight excluding hydrogens is 256 g/mol. The lowest BCUT2D eigenvalue weighted by atomic mass is 9.95. The molecule has 1 atom stereocenters. The molecule has 1 unspecified atom stereocenters. The van der Waals surface area contributed by atoms with Crippen LogP contribution in [0.5, 0.6) is 0 Å². The quantitative estimate of drug-likeness (QED) is 0.748. The first kappa shape index (κ1) is 12.7. The second kappa shape index (κ2) is 5.38. The van der Waals surface area contributed by atoms with E-state index in [4.69, 9.17) is 0 Å². The molecule has 7 heteroatoms. The lowest BCUT2D eigenvalue weighted by molar-refractivity contribution is 0.0937. The smallest absolute Gasteiger partial charge is 0.252 e. The average Bonchev–Trinajstić information content (AvgIpc) is 3.01. The van der Waals surface area contributed by atoms with Crippen molar-refractivity contribution in [3.8, 4) is 0 Å². The Morgan fingerprint density at radius 1 is 1.45 bits per heavy atom. The molecule has 0 saturated carbocycles. The van der Waals surface area contributed by atoms with Gasteiger partial charge < -0.3 is 10.6 Å². The molecule has 1 aliphatic heterocycles. The second-order valence-electron chi connectivity index (χ2n) is 4.84. The Morgan fingerprint density at radius 3 is 3.15 bits per heavy atom. The third-order valence-corrected chi connectivity index (χ3v) is 3.48. The molecule has 3 N–H and O–H groups in total. The maximum atomic E-state index is 12.4. The van der Waals surface area contributed by atoms with Gasteiger partial charge in [0.25, 0.3) is 5.91 Å². The molecule has 3 rings (SSSR count). The first-order valence-corrected chi connectivity index (χ1v) is 6.61. The van der Waals surface area contributed by atoms with Gasteiger partial charge in [0.1, 0.15) is 0 Å². The summed E-state index contributed by atoms with van der Waals surface area (Å²) in [6.45, 7) is 3.55. The lowest BCUT2D eigenvalue weighted by Crippen LogP contribution is -2.31. The lowest BCUT2D eigenvalue weighted by Gasteiger charge is -2.20. The highest BCUT2D eigenvalue weighted by Crippen LogP contribution is 2.19. The van der Waals surface area contributed by atoms with Gasteiger partial charge in [-0.2, -0.15) is 5.21 Å². The predicted octanol–water partition coefficient (Wildman–Crippen LogP) is 0.336. The predicted molar refractivity (Wildman–Crippen MR) is 71.9 cm³/mol. The van der Waals surface area contributed by atoms with Crippen LogP contribution < -0.4 is 10.6 Å². The molecule has 1 aromatic carbocycles. The molecule has 104 valence electrons. The van der Waals surface area contributed by atoms with Crippen LogP contribution in [0.2, 0.25) is 0 Å². The second-order valence-corrected chi connectivity index (χ2v) is 4.84. The summed E-state index contributed by atoms with van der Waals surface area (Å²) in [5.74, 6) is 0.380. The van der Waals surface area contributed by atoms with Gasteiger partial charge >= 0.3 is 0 Å². The summed E-state index contributed by atoms with van der Waals surface area (Å²) in [5, 5.41) is 19.8. The largest absolute Gasteiger partial charge is 0.342 e. The molecule has 2 aromatic rings. The monoisotopic (exact) mass is 272 g/mol. The van der Waals surface area contributed by atoms with Crippen molar-refractivity contribution in [2.45, 2.75) is 25.9 Å². The van der Waals surface area contributed by atoms with Crippen molar-refractivity contribution < 1.29 is 4.79 Å². The fourth-order valence-electron chi connectivity index (χ4n) is 2.44. The summed E-state index contributed by atoms with van der Waals surface area (Å²) in [5.41, 5.74) is 3.06. The Morgan fingerprint density at radius 2 is 2.35 bits per heavy atom. The average molecular weight is 272 g/mol. The maximum absolute atomic E-state index is 12.4. The molecule has 0 spiro atoms. The Kier molecular flexibility index (Phi) is 3.42. The number of aromatic amines is 1. The van der Waals surface area contributed by atoms with Crippen LogP contribution >= 0.6 is 0 Å². The van der Waals surface area contributed by atoms with Crippen LogP contribution in [0.15, 0.2) is 18.2 Å². The highest BCUT2D eigenvalue weighted by atomic mass is 16.1. The summed E-state index contributed by atoms with van der Waals surface area (Å²) in [7, 11) is 0. The van der Waals surface area contributed by atoms with Crippen molar-refractivity contribution in [1.82, 2.24) is 31.3 Å². The number of carbonyl (C=O) groups is 1. The summed E-state index contributed by atoms with van der Waals surface area (Å²) in [6, 6.07) is 5.56. The van der Waals surface area contributed by atoms with E-state index in [1.54, 1.807) is 0 Å². The zero-order valence-electron chi connectivity index (χ0n) is 11.2. The molecule has 2 heterocycles. The molecule has 0 fully saturated rings. The van der Waals surface area contributed by atoms with Gasteiger partial charge in [0, 0.05) is 12.1 Å². The van der Waals surface area contributed by atoms with Gasteiger partial charge in [-0.25, -0.2) is 0 Å². The summed E-state index contributed by atoms with van der Waals surface area (Å²) < 4.78 is 0. The first-order chi connectivity index (χ1) is 9.75. The maximum Gasteiger partial charge on any atom is 0.252 e. The van der Waals surface area contributed by atoms with Crippen molar-refractivity contribution in [1.29, 1.82) is 0 Å². The third-order valence-electron chi connectivity index (χ3n) is 3.48. The van der Waals surface area contributed by atoms with Gasteiger partial charge in [-0.1, -0.05) is 17.3 Å². The minimum absolute atomic E-state index is 0.0962. The molecular formula is C13H16N6O. The molecule has 1 aliphatic rings. The fraction of sp³-hybridized carbons (Fsp3) is 0.385. The van der Waals surface area contributed by atoms with E-state index in [1.807, 2.05) is 19.1 Å². The van der Waals surface area contributed by atoms with Crippen molar-refractivity contribution in [3.05, 3.63) is 40.7 Å². The van der Waals surface area contributed by atoms with E-state index in [2.05, 4.69) is 37.3 Å². The summed E-state index contributed by atoms with van der Waals surface area (Å²) in [4.78, 5) is 12.4. The first-order valence-electron chi connectivity index (χ1n) is 6.61. The molecule has 0 radical (unpaired) electrons. The number of amides is 1. The van der Waals surface area contributed by atoms with Crippen LogP contribution in [-0.4, -0.2) is 33.1 Å². The number of tetrazole rings is 1. The number of nitrogens with zero attached hydrogens (tertiary/aromatic N) is 3. The standard InChI is InChI=1S/C13H16N6O/c1-8(12-16-18-19-17-12)15-13(20)11-4-2-3-9-7-14-6-5-10(9)11/h2-4,8,14H,5-7H2,1H3,(H,15,20)(H,16,17,18,19). The topological polar surface area (TPSA) is 95.6 Å². The number of fused-ring (bicyclic) bond motifs is 1. The minimum atomic E-state index is -0.279. The van der Waals surface area contributed by atoms with Gasteiger partial charge in [-0.3, -0.25) is 4.79 Å². The number of hydrogen-bond donors (Lipinski definition) is 3. The molecule has 1 aromatic heterocycles. The number of hydrogen-bond acceptors (Lipinski definition) is 5. The SMILES string of the molecule is CC(NC(=O)c1cccc2c1CCNC2)c1nn[nH]n1. The Balaban J connectivity index is 1.81. The molecule has 0 bridgehead atoms. The van der Waals surface area contributed by atoms with E-state index in [9.17, 15) is 4.79 Å². The van der Waals surface area contributed by atoms with Crippen LogP contribution in [0.3, 0.4) is 0 Å². The van der Waals surface area contributed by atoms with E-state index in [-0.39, 0.29) is 11.9 Å². The third kappa shape index (κ3) is 2.39. The van der Waals surface area contributed by atoms with Gasteiger partial charge in [0.2, 0.25) is 0 Å². The number of aromatic nitrogens is 4. The summed E-state index contributed by atoms with van der Waals surface area (Å²) >= 11 is 0. The minimum Gasteiger partial charge on any atom is -0.342 e. The zero-order chi connectivity index (χ0) is 13.9. The van der Waals surface area contributed by atoms with E-state index in [0.29, 0.717) is 5.82 Å². The Bertz CT molecular complexity index is 609. The van der Waals surface area contributed by atoms with Crippen LogP contribution in [0, 0.1) is 0 Å². The van der Waals surface area contributed by atoms with Crippen LogP contribution in [0.1, 0.15) is 40.3 Å². The normalized spacial score (nSPS) is 15.4. The van der Waals surface area contributed by atoms with Crippen molar-refractivity contribution >= 4 is 5.91 Å². The molecule has 1 amide bonds.